The third-order valence-corrected chi connectivity index (χ3v) is 4.05. The van der Waals surface area contributed by atoms with Gasteiger partial charge >= 0.3 is 0 Å². The fourth-order valence-corrected chi connectivity index (χ4v) is 2.49. The number of hydrogen-bond acceptors (Lipinski definition) is 3. The first-order chi connectivity index (χ1) is 10.1. The van der Waals surface area contributed by atoms with Gasteiger partial charge in [0.25, 0.3) is 0 Å². The van der Waals surface area contributed by atoms with E-state index in [-0.39, 0.29) is 6.10 Å². The highest BCUT2D eigenvalue weighted by Gasteiger charge is 2.28. The normalized spacial score (nSPS) is 21.1. The van der Waals surface area contributed by atoms with Gasteiger partial charge < -0.3 is 14.9 Å². The van der Waals surface area contributed by atoms with Crippen LogP contribution in [0, 0.1) is 5.92 Å². The minimum Gasteiger partial charge on any atom is -0.390 e. The lowest BCUT2D eigenvalue weighted by atomic mass is 10.0. The van der Waals surface area contributed by atoms with Gasteiger partial charge in [-0.3, -0.25) is 0 Å². The molecule has 0 aromatic heterocycles. The SMILES string of the molecule is CC(C)CCCCCCC/C=C\CC(O)C(O)CC1CO1. The fraction of sp³-hybridized carbons (Fsp3) is 0.889. The van der Waals surface area contributed by atoms with Crippen molar-refractivity contribution in [2.45, 2.75) is 89.9 Å². The van der Waals surface area contributed by atoms with Crippen molar-refractivity contribution in [1.29, 1.82) is 0 Å². The van der Waals surface area contributed by atoms with Gasteiger partial charge in [0.05, 0.1) is 24.9 Å². The van der Waals surface area contributed by atoms with Crippen LogP contribution in [0.5, 0.6) is 0 Å². The van der Waals surface area contributed by atoms with Crippen molar-refractivity contribution in [2.24, 2.45) is 5.92 Å². The van der Waals surface area contributed by atoms with Crippen molar-refractivity contribution in [3.05, 3.63) is 12.2 Å². The molecule has 1 rings (SSSR count). The molecule has 0 amide bonds. The van der Waals surface area contributed by atoms with E-state index in [1.807, 2.05) is 6.08 Å². The third kappa shape index (κ3) is 10.9. The molecule has 3 atom stereocenters. The van der Waals surface area contributed by atoms with E-state index >= 15 is 0 Å². The molecule has 0 spiro atoms. The lowest BCUT2D eigenvalue weighted by Gasteiger charge is -2.14. The molecule has 2 N–H and O–H groups in total. The summed E-state index contributed by atoms with van der Waals surface area (Å²) in [7, 11) is 0. The van der Waals surface area contributed by atoms with Crippen LogP contribution in [0.3, 0.4) is 0 Å². The molecule has 3 heteroatoms. The van der Waals surface area contributed by atoms with Crippen LogP contribution in [0.25, 0.3) is 0 Å². The van der Waals surface area contributed by atoms with Gasteiger partial charge in [0.2, 0.25) is 0 Å². The Morgan fingerprint density at radius 2 is 1.67 bits per heavy atom. The maximum atomic E-state index is 9.78. The average Bonchev–Trinajstić information content (AvgIpc) is 3.24. The molecule has 0 aromatic carbocycles. The number of unbranched alkanes of at least 4 members (excludes halogenated alkanes) is 5. The maximum Gasteiger partial charge on any atom is 0.0835 e. The minimum atomic E-state index is -0.651. The summed E-state index contributed by atoms with van der Waals surface area (Å²) in [4.78, 5) is 0. The molecule has 124 valence electrons. The monoisotopic (exact) mass is 298 g/mol. The van der Waals surface area contributed by atoms with E-state index in [0.29, 0.717) is 12.8 Å². The molecular formula is C18H34O3. The van der Waals surface area contributed by atoms with E-state index in [4.69, 9.17) is 4.74 Å². The standard InChI is InChI=1S/C18H34O3/c1-15(2)11-9-7-5-3-4-6-8-10-12-17(19)18(20)13-16-14-21-16/h8,10,15-20H,3-7,9,11-14H2,1-2H3/b10-8-. The van der Waals surface area contributed by atoms with Crippen LogP contribution in [0.4, 0.5) is 0 Å². The zero-order chi connectivity index (χ0) is 15.5. The van der Waals surface area contributed by atoms with Gasteiger partial charge in [0.1, 0.15) is 0 Å². The zero-order valence-corrected chi connectivity index (χ0v) is 13.8. The van der Waals surface area contributed by atoms with Crippen molar-refractivity contribution in [2.75, 3.05) is 6.61 Å². The molecule has 1 fully saturated rings. The number of aliphatic hydroxyl groups excluding tert-OH is 2. The van der Waals surface area contributed by atoms with Crippen LogP contribution in [-0.4, -0.2) is 35.1 Å². The predicted octanol–water partition coefficient (Wildman–Crippen LogP) is 3.83. The summed E-state index contributed by atoms with van der Waals surface area (Å²) in [6.45, 7) is 5.30. The maximum absolute atomic E-state index is 9.78. The van der Waals surface area contributed by atoms with Gasteiger partial charge in [0.15, 0.2) is 0 Å². The van der Waals surface area contributed by atoms with Crippen molar-refractivity contribution in [3.63, 3.8) is 0 Å². The second kappa shape index (κ2) is 11.2. The number of rotatable bonds is 13. The van der Waals surface area contributed by atoms with Crippen molar-refractivity contribution >= 4 is 0 Å². The summed E-state index contributed by atoms with van der Waals surface area (Å²) in [6.07, 6.45) is 13.1. The van der Waals surface area contributed by atoms with Crippen LogP contribution in [0.2, 0.25) is 0 Å². The molecule has 0 aromatic rings. The number of hydrogen-bond donors (Lipinski definition) is 2. The smallest absolute Gasteiger partial charge is 0.0835 e. The van der Waals surface area contributed by atoms with Gasteiger partial charge in [-0.15, -0.1) is 0 Å². The number of ether oxygens (including phenoxy) is 1. The summed E-state index contributed by atoms with van der Waals surface area (Å²) in [5.41, 5.74) is 0. The first-order valence-corrected chi connectivity index (χ1v) is 8.72. The molecule has 1 aliphatic rings. The van der Waals surface area contributed by atoms with E-state index in [9.17, 15) is 10.2 Å². The van der Waals surface area contributed by atoms with Gasteiger partial charge in [-0.05, 0) is 25.2 Å². The zero-order valence-electron chi connectivity index (χ0n) is 13.8. The molecular weight excluding hydrogens is 264 g/mol. The fourth-order valence-electron chi connectivity index (χ4n) is 2.49. The van der Waals surface area contributed by atoms with Crippen LogP contribution in [0.15, 0.2) is 12.2 Å². The Morgan fingerprint density at radius 3 is 2.33 bits per heavy atom. The summed E-state index contributed by atoms with van der Waals surface area (Å²) in [5, 5.41) is 19.5. The van der Waals surface area contributed by atoms with E-state index in [0.717, 1.165) is 18.9 Å². The van der Waals surface area contributed by atoms with Crippen LogP contribution < -0.4 is 0 Å². The molecule has 0 radical (unpaired) electrons. The van der Waals surface area contributed by atoms with E-state index in [1.165, 1.54) is 38.5 Å². The molecule has 0 saturated carbocycles. The minimum absolute atomic E-state index is 0.175. The van der Waals surface area contributed by atoms with Gasteiger partial charge in [-0.25, -0.2) is 0 Å². The second-order valence-corrected chi connectivity index (χ2v) is 6.77. The molecule has 0 aliphatic carbocycles. The third-order valence-electron chi connectivity index (χ3n) is 4.05. The van der Waals surface area contributed by atoms with Gasteiger partial charge in [-0.1, -0.05) is 58.1 Å². The summed E-state index contributed by atoms with van der Waals surface area (Å²) < 4.78 is 5.05. The molecule has 0 bridgehead atoms. The molecule has 1 saturated heterocycles. The summed E-state index contributed by atoms with van der Waals surface area (Å²) >= 11 is 0. The number of aliphatic hydroxyl groups is 2. The molecule has 1 aliphatic heterocycles. The summed E-state index contributed by atoms with van der Waals surface area (Å²) in [6, 6.07) is 0. The first-order valence-electron chi connectivity index (χ1n) is 8.72. The molecule has 3 unspecified atom stereocenters. The highest BCUT2D eigenvalue weighted by Crippen LogP contribution is 2.18. The topological polar surface area (TPSA) is 53.0 Å². The van der Waals surface area contributed by atoms with E-state index in [1.54, 1.807) is 0 Å². The Balaban J connectivity index is 1.87. The lowest BCUT2D eigenvalue weighted by Crippen LogP contribution is -2.26. The van der Waals surface area contributed by atoms with Crippen LogP contribution >= 0.6 is 0 Å². The Hall–Kier alpha value is -0.380. The molecule has 21 heavy (non-hydrogen) atoms. The van der Waals surface area contributed by atoms with Crippen molar-refractivity contribution in [1.82, 2.24) is 0 Å². The lowest BCUT2D eigenvalue weighted by molar-refractivity contribution is 0.0125. The van der Waals surface area contributed by atoms with Crippen LogP contribution in [-0.2, 0) is 4.74 Å². The Labute approximate surface area is 130 Å². The van der Waals surface area contributed by atoms with E-state index in [2.05, 4.69) is 19.9 Å². The Bertz CT molecular complexity index is 272. The Morgan fingerprint density at radius 1 is 1.00 bits per heavy atom. The molecule has 1 heterocycles. The van der Waals surface area contributed by atoms with E-state index < -0.39 is 12.2 Å². The van der Waals surface area contributed by atoms with Crippen molar-refractivity contribution in [3.8, 4) is 0 Å². The second-order valence-electron chi connectivity index (χ2n) is 6.77. The highest BCUT2D eigenvalue weighted by molar-refractivity contribution is 4.87. The quantitative estimate of drug-likeness (QED) is 0.309. The number of epoxide rings is 1. The average molecular weight is 298 g/mol. The molecule has 3 nitrogen and oxygen atoms in total. The van der Waals surface area contributed by atoms with Gasteiger partial charge in [0, 0.05) is 6.42 Å². The predicted molar refractivity (Wildman–Crippen MR) is 87.3 cm³/mol. The van der Waals surface area contributed by atoms with Crippen molar-refractivity contribution < 1.29 is 14.9 Å². The van der Waals surface area contributed by atoms with Crippen LogP contribution in [0.1, 0.15) is 71.6 Å². The largest absolute Gasteiger partial charge is 0.390 e. The summed E-state index contributed by atoms with van der Waals surface area (Å²) in [5.74, 6) is 0.834. The highest BCUT2D eigenvalue weighted by atomic mass is 16.6. The first kappa shape index (κ1) is 18.7. The van der Waals surface area contributed by atoms with Gasteiger partial charge in [-0.2, -0.15) is 0 Å². The number of allylic oxidation sites excluding steroid dienone is 1. The Kier molecular flexibility index (Phi) is 9.98.